The van der Waals surface area contributed by atoms with Gasteiger partial charge in [0.05, 0.1) is 6.61 Å². The number of hydrogen-bond acceptors (Lipinski definition) is 11. The maximum absolute atomic E-state index is 13.6. The summed E-state index contributed by atoms with van der Waals surface area (Å²) in [7, 11) is 0. The van der Waals surface area contributed by atoms with Gasteiger partial charge in [0.25, 0.3) is 5.91 Å². The zero-order chi connectivity index (χ0) is 37.5. The lowest BCUT2D eigenvalue weighted by molar-refractivity contribution is -0.171. The van der Waals surface area contributed by atoms with Crippen LogP contribution in [0, 0.1) is 18.8 Å². The number of esters is 1. The lowest BCUT2D eigenvalue weighted by Gasteiger charge is -2.29. The van der Waals surface area contributed by atoms with Gasteiger partial charge in [0.1, 0.15) is 23.6 Å². The number of nitrogens with zero attached hydrogens (tertiary/aromatic N) is 1. The first-order valence-corrected chi connectivity index (χ1v) is 16.9. The molecule has 0 spiro atoms. The molecule has 0 aromatic heterocycles. The molecule has 0 bridgehead atoms. The second-order valence-electron chi connectivity index (χ2n) is 12.6. The van der Waals surface area contributed by atoms with E-state index in [0.717, 1.165) is 5.56 Å². The number of nitrogens with one attached hydrogen (secondary N) is 2. The summed E-state index contributed by atoms with van der Waals surface area (Å²) in [6.07, 6.45) is -1.84. The van der Waals surface area contributed by atoms with Crippen LogP contribution in [0.4, 0.5) is 9.59 Å². The van der Waals surface area contributed by atoms with Crippen molar-refractivity contribution in [2.45, 2.75) is 78.7 Å². The van der Waals surface area contributed by atoms with Crippen LogP contribution in [0.3, 0.4) is 0 Å². The van der Waals surface area contributed by atoms with Gasteiger partial charge in [-0.1, -0.05) is 44.2 Å². The number of primary amides is 1. The van der Waals surface area contributed by atoms with Crippen molar-refractivity contribution >= 4 is 35.9 Å². The molecule has 1 fully saturated rings. The largest absolute Gasteiger partial charge is 0.511 e. The third-order valence-electron chi connectivity index (χ3n) is 7.94. The summed E-state index contributed by atoms with van der Waals surface area (Å²) < 4.78 is 26.1. The van der Waals surface area contributed by atoms with Gasteiger partial charge in [0.2, 0.25) is 18.1 Å². The fourth-order valence-electron chi connectivity index (χ4n) is 5.26. The highest BCUT2D eigenvalue weighted by Gasteiger charge is 2.31. The molecular formula is C36H48N4O11. The van der Waals surface area contributed by atoms with Crippen molar-refractivity contribution < 1.29 is 52.5 Å². The van der Waals surface area contributed by atoms with Gasteiger partial charge in [0.15, 0.2) is 6.61 Å². The Kier molecular flexibility index (Phi) is 15.5. The molecule has 1 heterocycles. The van der Waals surface area contributed by atoms with Crippen molar-refractivity contribution in [2.24, 2.45) is 17.6 Å². The number of aryl methyl sites for hydroxylation is 1. The van der Waals surface area contributed by atoms with E-state index in [1.54, 1.807) is 31.2 Å². The Morgan fingerprint density at radius 2 is 1.57 bits per heavy atom. The fourth-order valence-corrected chi connectivity index (χ4v) is 5.26. The molecule has 0 aliphatic carbocycles. The van der Waals surface area contributed by atoms with Gasteiger partial charge >= 0.3 is 18.2 Å². The highest BCUT2D eigenvalue weighted by atomic mass is 16.8. The average molecular weight is 713 g/mol. The zero-order valence-electron chi connectivity index (χ0n) is 29.7. The Balaban J connectivity index is 1.70. The molecule has 0 saturated carbocycles. The number of carbonyl (C=O) groups is 6. The number of hydrogen-bond donors (Lipinski definition) is 3. The van der Waals surface area contributed by atoms with E-state index in [1.807, 2.05) is 32.9 Å². The summed E-state index contributed by atoms with van der Waals surface area (Å²) in [6.45, 7) is 8.92. The molecule has 51 heavy (non-hydrogen) atoms. The predicted octanol–water partition coefficient (Wildman–Crippen LogP) is 3.39. The number of piperidine rings is 1. The van der Waals surface area contributed by atoms with Crippen molar-refractivity contribution in [1.82, 2.24) is 15.5 Å². The summed E-state index contributed by atoms with van der Waals surface area (Å²) >= 11 is 0. The van der Waals surface area contributed by atoms with Gasteiger partial charge in [-0.25, -0.2) is 14.4 Å². The molecule has 1 saturated heterocycles. The normalized spacial score (nSPS) is 14.7. The SMILES string of the molecule is CCOC(=O)OC(C)OC(=O)[C@H](Cc1ccc(OC(=O)N2CCC(C(N)=O)CC2)cc1)NC(=O)[C@H](CC(C)C)NC(=O)COc1ccccc1C. The number of para-hydroxylation sites is 1. The molecule has 4 amide bonds. The molecule has 15 heteroatoms. The standard InChI is InChI=1S/C36H48N4O11/c1-6-47-36(46)50-24(5)49-34(44)29(20-25-11-13-27(14-12-25)51-35(45)40-17-15-26(16-18-40)32(37)42)39-33(43)28(19-22(2)3)38-31(41)21-48-30-10-8-7-9-23(30)4/h7-14,22,24,26,28-29H,6,15-21H2,1-5H3,(H2,37,42)(H,38,41)(H,39,43)/t24?,28-,29-/m0/s1. The van der Waals surface area contributed by atoms with E-state index in [1.165, 1.54) is 24.0 Å². The van der Waals surface area contributed by atoms with E-state index < -0.39 is 48.4 Å². The van der Waals surface area contributed by atoms with E-state index in [4.69, 9.17) is 29.4 Å². The average Bonchev–Trinajstić information content (AvgIpc) is 3.07. The number of amides is 4. The zero-order valence-corrected chi connectivity index (χ0v) is 29.7. The van der Waals surface area contributed by atoms with E-state index >= 15 is 0 Å². The topological polar surface area (TPSA) is 202 Å². The Hall–Kier alpha value is -5.34. The molecule has 2 aromatic rings. The third kappa shape index (κ3) is 13.5. The van der Waals surface area contributed by atoms with Crippen LogP contribution in [0.1, 0.15) is 58.1 Å². The Bertz CT molecular complexity index is 1510. The van der Waals surface area contributed by atoms with Gasteiger partial charge in [0, 0.05) is 32.4 Å². The van der Waals surface area contributed by atoms with Crippen molar-refractivity contribution in [1.29, 1.82) is 0 Å². The van der Waals surface area contributed by atoms with Crippen LogP contribution in [0.25, 0.3) is 0 Å². The number of nitrogens with two attached hydrogens (primary N) is 1. The minimum Gasteiger partial charge on any atom is -0.484 e. The lowest BCUT2D eigenvalue weighted by Crippen LogP contribution is -2.54. The van der Waals surface area contributed by atoms with Gasteiger partial charge < -0.3 is 45.0 Å². The number of benzene rings is 2. The number of rotatable bonds is 16. The molecule has 1 unspecified atom stereocenters. The van der Waals surface area contributed by atoms with Crippen LogP contribution >= 0.6 is 0 Å². The summed E-state index contributed by atoms with van der Waals surface area (Å²) in [6, 6.07) is 11.2. The van der Waals surface area contributed by atoms with E-state index in [0.29, 0.717) is 37.2 Å². The van der Waals surface area contributed by atoms with E-state index in [9.17, 15) is 28.8 Å². The number of carbonyl (C=O) groups excluding carboxylic acids is 6. The second kappa shape index (κ2) is 19.7. The Labute approximate surface area is 297 Å². The molecular weight excluding hydrogens is 664 g/mol. The molecule has 1 aliphatic rings. The summed E-state index contributed by atoms with van der Waals surface area (Å²) in [5, 5.41) is 5.38. The molecule has 1 aliphatic heterocycles. The third-order valence-corrected chi connectivity index (χ3v) is 7.94. The van der Waals surface area contributed by atoms with Crippen molar-refractivity contribution in [2.75, 3.05) is 26.3 Å². The van der Waals surface area contributed by atoms with Crippen molar-refractivity contribution in [3.8, 4) is 11.5 Å². The molecule has 4 N–H and O–H groups in total. The summed E-state index contributed by atoms with van der Waals surface area (Å²) in [5.41, 5.74) is 6.78. The van der Waals surface area contributed by atoms with Crippen molar-refractivity contribution in [3.63, 3.8) is 0 Å². The van der Waals surface area contributed by atoms with Gasteiger partial charge in [-0.15, -0.1) is 0 Å². The predicted molar refractivity (Wildman–Crippen MR) is 183 cm³/mol. The minimum absolute atomic E-state index is 0.00786. The molecule has 278 valence electrons. The maximum atomic E-state index is 13.6. The summed E-state index contributed by atoms with van der Waals surface area (Å²) in [5.74, 6) is -1.97. The first kappa shape index (κ1) is 40.1. The van der Waals surface area contributed by atoms with Gasteiger partial charge in [-0.2, -0.15) is 0 Å². The fraction of sp³-hybridized carbons (Fsp3) is 0.500. The van der Waals surface area contributed by atoms with E-state index in [-0.39, 0.29) is 49.5 Å². The van der Waals surface area contributed by atoms with Gasteiger partial charge in [-0.05, 0) is 68.4 Å². The van der Waals surface area contributed by atoms with Crippen LogP contribution in [-0.2, 0) is 39.8 Å². The first-order chi connectivity index (χ1) is 24.2. The van der Waals surface area contributed by atoms with Crippen LogP contribution in [0.2, 0.25) is 0 Å². The Morgan fingerprint density at radius 1 is 0.902 bits per heavy atom. The molecule has 3 atom stereocenters. The molecule has 0 radical (unpaired) electrons. The highest BCUT2D eigenvalue weighted by molar-refractivity contribution is 5.91. The second-order valence-corrected chi connectivity index (χ2v) is 12.6. The quantitative estimate of drug-likeness (QED) is 0.170. The monoisotopic (exact) mass is 712 g/mol. The maximum Gasteiger partial charge on any atom is 0.511 e. The highest BCUT2D eigenvalue weighted by Crippen LogP contribution is 2.20. The summed E-state index contributed by atoms with van der Waals surface area (Å²) in [4.78, 5) is 77.2. The lowest BCUT2D eigenvalue weighted by atomic mass is 9.97. The molecule has 2 aromatic carbocycles. The van der Waals surface area contributed by atoms with E-state index in [2.05, 4.69) is 10.6 Å². The first-order valence-electron chi connectivity index (χ1n) is 16.9. The van der Waals surface area contributed by atoms with Gasteiger partial charge in [-0.3, -0.25) is 14.4 Å². The van der Waals surface area contributed by atoms with Crippen LogP contribution < -0.4 is 25.8 Å². The minimum atomic E-state index is -1.34. The van der Waals surface area contributed by atoms with Crippen LogP contribution in [-0.4, -0.2) is 85.5 Å². The smallest absolute Gasteiger partial charge is 0.484 e. The van der Waals surface area contributed by atoms with Crippen molar-refractivity contribution in [3.05, 3.63) is 59.7 Å². The Morgan fingerprint density at radius 3 is 2.18 bits per heavy atom. The number of ether oxygens (including phenoxy) is 5. The molecule has 3 rings (SSSR count). The van der Waals surface area contributed by atoms with Crippen LogP contribution in [0.15, 0.2) is 48.5 Å². The number of likely N-dealkylation sites (tertiary alicyclic amines) is 1. The molecule has 15 nitrogen and oxygen atoms in total. The van der Waals surface area contributed by atoms with Crippen LogP contribution in [0.5, 0.6) is 11.5 Å².